The van der Waals surface area contributed by atoms with Gasteiger partial charge in [0.1, 0.15) is 0 Å². The largest absolute Gasteiger partial charge is 1.00 e. The molecule has 0 aliphatic heterocycles. The van der Waals surface area contributed by atoms with Crippen LogP contribution in [0.4, 0.5) is 0 Å². The molecule has 0 atom stereocenters. The van der Waals surface area contributed by atoms with Crippen LogP contribution in [0.5, 0.6) is 0 Å². The summed E-state index contributed by atoms with van der Waals surface area (Å²) in [5.74, 6) is 0.130. The SMILES string of the molecule is O=C(C[n+]1cn(CCCCn2c3ccccc3c3ccccc32)c2ccccc21)c1ccccc1.[Br-]. The molecule has 4 aromatic carbocycles. The Bertz CT molecular complexity index is 1600. The molecule has 0 saturated carbocycles. The molecule has 0 fully saturated rings. The van der Waals surface area contributed by atoms with E-state index < -0.39 is 0 Å². The molecule has 0 radical (unpaired) electrons. The van der Waals surface area contributed by atoms with E-state index in [4.69, 9.17) is 0 Å². The fraction of sp³-hybridized carbons (Fsp3) is 0.161. The first kappa shape index (κ1) is 24.0. The smallest absolute Gasteiger partial charge is 0.245 e. The van der Waals surface area contributed by atoms with E-state index in [1.165, 1.54) is 27.3 Å². The summed E-state index contributed by atoms with van der Waals surface area (Å²) in [6.07, 6.45) is 4.25. The highest BCUT2D eigenvalue weighted by Gasteiger charge is 2.18. The number of rotatable bonds is 8. The number of fused-ring (bicyclic) bond motifs is 4. The zero-order chi connectivity index (χ0) is 23.6. The van der Waals surface area contributed by atoms with Gasteiger partial charge in [-0.05, 0) is 37.1 Å². The molecule has 6 aromatic rings. The quantitative estimate of drug-likeness (QED) is 0.166. The maximum atomic E-state index is 12.8. The minimum atomic E-state index is 0. The predicted octanol–water partition coefficient (Wildman–Crippen LogP) is 3.40. The molecule has 0 bridgehead atoms. The van der Waals surface area contributed by atoms with E-state index in [0.717, 1.165) is 37.0 Å². The first-order valence-corrected chi connectivity index (χ1v) is 12.3. The van der Waals surface area contributed by atoms with Crippen molar-refractivity contribution in [3.05, 3.63) is 115 Å². The third-order valence-corrected chi connectivity index (χ3v) is 6.90. The van der Waals surface area contributed by atoms with Gasteiger partial charge in [-0.25, -0.2) is 9.13 Å². The summed E-state index contributed by atoms with van der Waals surface area (Å²) in [4.78, 5) is 12.8. The van der Waals surface area contributed by atoms with Crippen LogP contribution < -0.4 is 21.5 Å². The highest BCUT2D eigenvalue weighted by atomic mass is 79.9. The van der Waals surface area contributed by atoms with Crippen LogP contribution in [0.2, 0.25) is 0 Å². The Kier molecular flexibility index (Phi) is 7.01. The molecule has 4 nitrogen and oxygen atoms in total. The second-order valence-corrected chi connectivity index (χ2v) is 9.11. The third kappa shape index (κ3) is 4.47. The summed E-state index contributed by atoms with van der Waals surface area (Å²) < 4.78 is 6.83. The van der Waals surface area contributed by atoms with E-state index in [1.54, 1.807) is 0 Å². The second-order valence-electron chi connectivity index (χ2n) is 9.11. The van der Waals surface area contributed by atoms with Gasteiger partial charge in [0.2, 0.25) is 12.1 Å². The molecule has 180 valence electrons. The molecular formula is C31H28BrN3O. The number of aromatic nitrogens is 3. The molecule has 0 N–H and O–H groups in total. The Morgan fingerprint density at radius 3 is 1.89 bits per heavy atom. The number of ketones is 1. The Balaban J connectivity index is 0.00000267. The average molecular weight is 538 g/mol. The van der Waals surface area contributed by atoms with Gasteiger partial charge in [-0.3, -0.25) is 4.79 Å². The minimum Gasteiger partial charge on any atom is -1.00 e. The van der Waals surface area contributed by atoms with Crippen molar-refractivity contribution in [3.63, 3.8) is 0 Å². The van der Waals surface area contributed by atoms with Crippen molar-refractivity contribution in [1.82, 2.24) is 9.13 Å². The van der Waals surface area contributed by atoms with Crippen LogP contribution in [0.15, 0.2) is 109 Å². The van der Waals surface area contributed by atoms with E-state index in [-0.39, 0.29) is 22.8 Å². The molecule has 0 unspecified atom stereocenters. The van der Waals surface area contributed by atoms with Crippen molar-refractivity contribution in [1.29, 1.82) is 0 Å². The lowest BCUT2D eigenvalue weighted by molar-refractivity contribution is -0.658. The average Bonchev–Trinajstić information content (AvgIpc) is 3.43. The van der Waals surface area contributed by atoms with Crippen molar-refractivity contribution < 1.29 is 26.3 Å². The number of para-hydroxylation sites is 4. The summed E-state index contributed by atoms with van der Waals surface area (Å²) in [5, 5.41) is 2.65. The molecule has 6 rings (SSSR count). The number of halogens is 1. The topological polar surface area (TPSA) is 30.8 Å². The van der Waals surface area contributed by atoms with Crippen LogP contribution in [0.1, 0.15) is 23.2 Å². The van der Waals surface area contributed by atoms with Crippen LogP contribution in [-0.4, -0.2) is 14.9 Å². The number of imidazole rings is 1. The number of unbranched alkanes of at least 4 members (excludes halogenated alkanes) is 1. The Labute approximate surface area is 221 Å². The maximum absolute atomic E-state index is 12.8. The van der Waals surface area contributed by atoms with E-state index in [0.29, 0.717) is 6.54 Å². The van der Waals surface area contributed by atoms with Gasteiger partial charge >= 0.3 is 0 Å². The van der Waals surface area contributed by atoms with Crippen LogP contribution >= 0.6 is 0 Å². The number of aryl methyl sites for hydroxylation is 2. The van der Waals surface area contributed by atoms with Gasteiger partial charge in [-0.1, -0.05) is 78.9 Å². The van der Waals surface area contributed by atoms with E-state index in [1.807, 2.05) is 36.4 Å². The van der Waals surface area contributed by atoms with E-state index >= 15 is 0 Å². The third-order valence-electron chi connectivity index (χ3n) is 6.90. The lowest BCUT2D eigenvalue weighted by Crippen LogP contribution is -3.00. The van der Waals surface area contributed by atoms with Crippen LogP contribution in [0, 0.1) is 0 Å². The van der Waals surface area contributed by atoms with Gasteiger partial charge in [0.05, 0.1) is 6.54 Å². The van der Waals surface area contributed by atoms with Crippen LogP contribution in [0.3, 0.4) is 0 Å². The number of benzene rings is 4. The first-order valence-electron chi connectivity index (χ1n) is 12.3. The fourth-order valence-electron chi connectivity index (χ4n) is 5.21. The van der Waals surface area contributed by atoms with E-state index in [9.17, 15) is 4.79 Å². The molecule has 2 heterocycles. The molecule has 5 heteroatoms. The second kappa shape index (κ2) is 10.5. The molecular weight excluding hydrogens is 510 g/mol. The molecule has 0 aliphatic carbocycles. The Morgan fingerprint density at radius 2 is 1.19 bits per heavy atom. The van der Waals surface area contributed by atoms with Crippen molar-refractivity contribution in [2.75, 3.05) is 0 Å². The van der Waals surface area contributed by atoms with E-state index in [2.05, 4.69) is 86.8 Å². The first-order chi connectivity index (χ1) is 17.3. The lowest BCUT2D eigenvalue weighted by atomic mass is 10.1. The van der Waals surface area contributed by atoms with Crippen LogP contribution in [-0.2, 0) is 19.6 Å². The van der Waals surface area contributed by atoms with Gasteiger partial charge in [0, 0.05) is 33.9 Å². The van der Waals surface area contributed by atoms with Gasteiger partial charge in [-0.2, -0.15) is 0 Å². The van der Waals surface area contributed by atoms with Crippen molar-refractivity contribution >= 4 is 38.6 Å². The number of Topliss-reactive ketones (excluding diaryl/α,β-unsaturated/α-hetero) is 1. The van der Waals surface area contributed by atoms with Gasteiger partial charge in [0.25, 0.3) is 0 Å². The number of carbonyl (C=O) groups excluding carboxylic acids is 1. The summed E-state index contributed by atoms with van der Waals surface area (Å²) in [7, 11) is 0. The molecule has 0 amide bonds. The summed E-state index contributed by atoms with van der Waals surface area (Å²) >= 11 is 0. The minimum absolute atomic E-state index is 0. The number of hydrogen-bond acceptors (Lipinski definition) is 1. The van der Waals surface area contributed by atoms with Gasteiger partial charge < -0.3 is 21.5 Å². The molecule has 0 spiro atoms. The predicted molar refractivity (Wildman–Crippen MR) is 142 cm³/mol. The number of carbonyl (C=O) groups is 1. The number of hydrogen-bond donors (Lipinski definition) is 0. The van der Waals surface area contributed by atoms with Crippen LogP contribution in [0.25, 0.3) is 32.8 Å². The summed E-state index contributed by atoms with van der Waals surface area (Å²) in [6, 6.07) is 35.3. The summed E-state index contributed by atoms with van der Waals surface area (Å²) in [5.41, 5.74) is 5.63. The molecule has 0 aliphatic rings. The molecule has 2 aromatic heterocycles. The Morgan fingerprint density at radius 1 is 0.639 bits per heavy atom. The zero-order valence-corrected chi connectivity index (χ0v) is 21.6. The van der Waals surface area contributed by atoms with Crippen molar-refractivity contribution in [2.24, 2.45) is 0 Å². The lowest BCUT2D eigenvalue weighted by Gasteiger charge is -2.07. The van der Waals surface area contributed by atoms with Gasteiger partial charge in [0.15, 0.2) is 17.6 Å². The standard InChI is InChI=1S/C31H28N3O.BrH/c35-31(24-12-2-1-3-13-24)22-33-23-32(29-18-8-9-19-30(29)33)20-10-11-21-34-27-16-6-4-14-25(27)26-15-5-7-17-28(26)34;/h1-9,12-19,23H,10-11,20-22H2;1H/q+1;/p-1. The maximum Gasteiger partial charge on any atom is 0.245 e. The number of nitrogens with zero attached hydrogens (tertiary/aromatic N) is 3. The Hall–Kier alpha value is -3.70. The molecule has 36 heavy (non-hydrogen) atoms. The van der Waals surface area contributed by atoms with Gasteiger partial charge in [-0.15, -0.1) is 0 Å². The zero-order valence-electron chi connectivity index (χ0n) is 20.1. The highest BCUT2D eigenvalue weighted by Crippen LogP contribution is 2.29. The fourth-order valence-corrected chi connectivity index (χ4v) is 5.21. The van der Waals surface area contributed by atoms with Crippen molar-refractivity contribution in [2.45, 2.75) is 32.5 Å². The summed E-state index contributed by atoms with van der Waals surface area (Å²) in [6.45, 7) is 2.25. The highest BCUT2D eigenvalue weighted by molar-refractivity contribution is 6.07. The molecule has 0 saturated heterocycles. The monoisotopic (exact) mass is 537 g/mol. The van der Waals surface area contributed by atoms with Crippen molar-refractivity contribution in [3.8, 4) is 0 Å². The normalized spacial score (nSPS) is 11.2.